The molecule has 0 amide bonds. The molecule has 1 aliphatic carbocycles. The Kier molecular flexibility index (Phi) is 4.81. The molecule has 0 heterocycles. The van der Waals surface area contributed by atoms with Gasteiger partial charge in [-0.1, -0.05) is 0 Å². The van der Waals surface area contributed by atoms with Crippen LogP contribution in [0.15, 0.2) is 24.3 Å². The van der Waals surface area contributed by atoms with Crippen LogP contribution >= 0.6 is 0 Å². The third-order valence-corrected chi connectivity index (χ3v) is 3.39. The summed E-state index contributed by atoms with van der Waals surface area (Å²) < 4.78 is 5.05. The summed E-state index contributed by atoms with van der Waals surface area (Å²) in [5, 5.41) is 10.6. The van der Waals surface area contributed by atoms with E-state index in [4.69, 9.17) is 4.74 Å². The summed E-state index contributed by atoms with van der Waals surface area (Å²) in [6, 6.07) is 6.24. The number of ether oxygens (including phenoxy) is 1. The maximum absolute atomic E-state index is 12.2. The number of benzene rings is 1. The Labute approximate surface area is 117 Å². The molecule has 0 radical (unpaired) electrons. The van der Waals surface area contributed by atoms with E-state index >= 15 is 0 Å². The predicted octanol–water partition coefficient (Wildman–Crippen LogP) is 1.89. The number of carbonyl (C=O) groups is 1. The van der Waals surface area contributed by atoms with Crippen LogP contribution in [0.4, 0.5) is 5.69 Å². The van der Waals surface area contributed by atoms with Crippen molar-refractivity contribution < 1.29 is 14.5 Å². The van der Waals surface area contributed by atoms with Gasteiger partial charge < -0.3 is 4.74 Å². The van der Waals surface area contributed by atoms with Gasteiger partial charge in [-0.3, -0.25) is 19.8 Å². The van der Waals surface area contributed by atoms with Crippen molar-refractivity contribution in [2.45, 2.75) is 18.9 Å². The van der Waals surface area contributed by atoms with Crippen molar-refractivity contribution in [1.29, 1.82) is 0 Å². The molecular weight excluding hydrogens is 260 g/mol. The molecule has 108 valence electrons. The molecule has 6 heteroatoms. The molecule has 0 aliphatic heterocycles. The third kappa shape index (κ3) is 3.85. The summed E-state index contributed by atoms with van der Waals surface area (Å²) in [6.45, 7) is 1.68. The van der Waals surface area contributed by atoms with Crippen LogP contribution in [0, 0.1) is 10.1 Å². The lowest BCUT2D eigenvalue weighted by atomic mass is 10.1. The van der Waals surface area contributed by atoms with E-state index in [2.05, 4.69) is 4.90 Å². The van der Waals surface area contributed by atoms with Gasteiger partial charge in [0.2, 0.25) is 0 Å². The number of hydrogen-bond acceptors (Lipinski definition) is 5. The summed E-state index contributed by atoms with van der Waals surface area (Å²) in [6.07, 6.45) is 2.24. The summed E-state index contributed by atoms with van der Waals surface area (Å²) in [4.78, 5) is 24.4. The van der Waals surface area contributed by atoms with Crippen molar-refractivity contribution in [3.05, 3.63) is 39.9 Å². The van der Waals surface area contributed by atoms with Gasteiger partial charge in [0.1, 0.15) is 0 Å². The molecule has 0 saturated heterocycles. The molecule has 1 saturated carbocycles. The molecule has 0 spiro atoms. The summed E-state index contributed by atoms with van der Waals surface area (Å²) in [5.41, 5.74) is 0.513. The maximum atomic E-state index is 12.2. The van der Waals surface area contributed by atoms with Gasteiger partial charge in [-0.25, -0.2) is 0 Å². The SMILES string of the molecule is COCCN(CC(=O)c1ccc([N+](=O)[O-])cc1)C1CC1. The molecule has 0 bridgehead atoms. The lowest BCUT2D eigenvalue weighted by molar-refractivity contribution is -0.384. The van der Waals surface area contributed by atoms with E-state index in [9.17, 15) is 14.9 Å². The van der Waals surface area contributed by atoms with Crippen LogP contribution in [0.1, 0.15) is 23.2 Å². The fourth-order valence-corrected chi connectivity index (χ4v) is 2.08. The number of nitro groups is 1. The van der Waals surface area contributed by atoms with Gasteiger partial charge >= 0.3 is 0 Å². The number of rotatable bonds is 8. The molecule has 2 rings (SSSR count). The Bertz CT molecular complexity index is 482. The van der Waals surface area contributed by atoms with E-state index in [0.717, 1.165) is 19.4 Å². The average Bonchev–Trinajstić information content (AvgIpc) is 3.27. The van der Waals surface area contributed by atoms with E-state index in [1.165, 1.54) is 24.3 Å². The van der Waals surface area contributed by atoms with Gasteiger partial charge in [0, 0.05) is 37.4 Å². The van der Waals surface area contributed by atoms with Crippen molar-refractivity contribution in [2.24, 2.45) is 0 Å². The second-order valence-corrected chi connectivity index (χ2v) is 4.92. The van der Waals surface area contributed by atoms with Crippen LogP contribution in [-0.2, 0) is 4.74 Å². The second-order valence-electron chi connectivity index (χ2n) is 4.92. The molecule has 6 nitrogen and oxygen atoms in total. The quantitative estimate of drug-likeness (QED) is 0.412. The van der Waals surface area contributed by atoms with Gasteiger partial charge in [-0.2, -0.15) is 0 Å². The van der Waals surface area contributed by atoms with Crippen molar-refractivity contribution >= 4 is 11.5 Å². The van der Waals surface area contributed by atoms with Crippen LogP contribution in [0.25, 0.3) is 0 Å². The largest absolute Gasteiger partial charge is 0.383 e. The maximum Gasteiger partial charge on any atom is 0.269 e. The van der Waals surface area contributed by atoms with Crippen molar-refractivity contribution in [3.8, 4) is 0 Å². The van der Waals surface area contributed by atoms with Crippen LogP contribution in [-0.4, -0.2) is 48.5 Å². The molecule has 0 unspecified atom stereocenters. The van der Waals surface area contributed by atoms with Crippen LogP contribution in [0.5, 0.6) is 0 Å². The van der Waals surface area contributed by atoms with Crippen molar-refractivity contribution in [2.75, 3.05) is 26.8 Å². The van der Waals surface area contributed by atoms with E-state index in [-0.39, 0.29) is 11.5 Å². The number of ketones is 1. The number of Topliss-reactive ketones (excluding diaryl/α,β-unsaturated/α-hetero) is 1. The van der Waals surface area contributed by atoms with E-state index in [1.54, 1.807) is 7.11 Å². The average molecular weight is 278 g/mol. The molecule has 1 fully saturated rings. The van der Waals surface area contributed by atoms with Crippen LogP contribution in [0.2, 0.25) is 0 Å². The minimum absolute atomic E-state index is 0.0000166. The van der Waals surface area contributed by atoms with Gasteiger partial charge in [0.15, 0.2) is 5.78 Å². The zero-order chi connectivity index (χ0) is 14.5. The Hall–Kier alpha value is -1.79. The smallest absolute Gasteiger partial charge is 0.269 e. The van der Waals surface area contributed by atoms with Crippen molar-refractivity contribution in [1.82, 2.24) is 4.90 Å². The van der Waals surface area contributed by atoms with E-state index in [0.29, 0.717) is 24.8 Å². The number of hydrogen-bond donors (Lipinski definition) is 0. The number of nitro benzene ring substituents is 1. The number of non-ortho nitro benzene ring substituents is 1. The highest BCUT2D eigenvalue weighted by molar-refractivity contribution is 5.97. The molecule has 0 atom stereocenters. The monoisotopic (exact) mass is 278 g/mol. The summed E-state index contributed by atoms with van der Waals surface area (Å²) >= 11 is 0. The first-order valence-corrected chi connectivity index (χ1v) is 6.62. The van der Waals surface area contributed by atoms with Crippen molar-refractivity contribution in [3.63, 3.8) is 0 Å². The van der Waals surface area contributed by atoms with Crippen LogP contribution in [0.3, 0.4) is 0 Å². The molecule has 0 aromatic heterocycles. The fraction of sp³-hybridized carbons (Fsp3) is 0.500. The summed E-state index contributed by atoms with van der Waals surface area (Å²) in [7, 11) is 1.64. The highest BCUT2D eigenvalue weighted by atomic mass is 16.6. The number of carbonyl (C=O) groups excluding carboxylic acids is 1. The van der Waals surface area contributed by atoms with E-state index in [1.807, 2.05) is 0 Å². The minimum atomic E-state index is -0.469. The van der Waals surface area contributed by atoms with Gasteiger partial charge in [0.25, 0.3) is 5.69 Å². The van der Waals surface area contributed by atoms with E-state index < -0.39 is 4.92 Å². The van der Waals surface area contributed by atoms with Gasteiger partial charge in [0.05, 0.1) is 18.1 Å². The lowest BCUT2D eigenvalue weighted by Gasteiger charge is -2.20. The molecular formula is C14H18N2O4. The molecule has 1 aliphatic rings. The minimum Gasteiger partial charge on any atom is -0.383 e. The van der Waals surface area contributed by atoms with Crippen LogP contribution < -0.4 is 0 Å². The predicted molar refractivity (Wildman–Crippen MR) is 73.9 cm³/mol. The third-order valence-electron chi connectivity index (χ3n) is 3.39. The normalized spacial score (nSPS) is 14.5. The molecule has 1 aromatic rings. The Morgan fingerprint density at radius 3 is 2.55 bits per heavy atom. The Morgan fingerprint density at radius 2 is 2.05 bits per heavy atom. The zero-order valence-corrected chi connectivity index (χ0v) is 11.4. The van der Waals surface area contributed by atoms with Gasteiger partial charge in [-0.05, 0) is 25.0 Å². The highest BCUT2D eigenvalue weighted by Crippen LogP contribution is 2.26. The first-order chi connectivity index (χ1) is 9.61. The first-order valence-electron chi connectivity index (χ1n) is 6.62. The second kappa shape index (κ2) is 6.58. The standard InChI is InChI=1S/C14H18N2O4/c1-20-9-8-15(12-6-7-12)10-14(17)11-2-4-13(5-3-11)16(18)19/h2-5,12H,6-10H2,1H3. The zero-order valence-electron chi connectivity index (χ0n) is 11.4. The fourth-order valence-electron chi connectivity index (χ4n) is 2.08. The topological polar surface area (TPSA) is 72.7 Å². The molecule has 1 aromatic carbocycles. The lowest BCUT2D eigenvalue weighted by Crippen LogP contribution is -2.34. The number of methoxy groups -OCH3 is 1. The first kappa shape index (κ1) is 14.6. The number of nitrogens with zero attached hydrogens (tertiary/aromatic N) is 2. The Balaban J connectivity index is 1.97. The summed E-state index contributed by atoms with van der Waals surface area (Å²) in [5.74, 6) is -0.0112. The molecule has 20 heavy (non-hydrogen) atoms. The highest BCUT2D eigenvalue weighted by Gasteiger charge is 2.30. The van der Waals surface area contributed by atoms with Gasteiger partial charge in [-0.15, -0.1) is 0 Å². The Morgan fingerprint density at radius 1 is 1.40 bits per heavy atom. The molecule has 0 N–H and O–H groups in total.